The monoisotopic (exact) mass is 696 g/mol. The summed E-state index contributed by atoms with van der Waals surface area (Å²) in [6.07, 6.45) is 2.67. The van der Waals surface area contributed by atoms with Gasteiger partial charge in [-0.1, -0.05) is 30.3 Å². The Balaban J connectivity index is 1.60. The lowest BCUT2D eigenvalue weighted by Gasteiger charge is -2.39. The number of hydrogen-bond donors (Lipinski definition) is 6. The lowest BCUT2D eigenvalue weighted by Crippen LogP contribution is -2.60. The van der Waals surface area contributed by atoms with E-state index in [1.807, 2.05) is 24.3 Å². The number of hydrogen-bond acceptors (Lipinski definition) is 7. The van der Waals surface area contributed by atoms with Gasteiger partial charge in [-0.25, -0.2) is 0 Å². The van der Waals surface area contributed by atoms with Gasteiger partial charge in [0.2, 0.25) is 29.5 Å². The molecule has 1 fully saturated rings. The third kappa shape index (κ3) is 9.50. The van der Waals surface area contributed by atoms with Crippen LogP contribution in [0, 0.1) is 0 Å². The van der Waals surface area contributed by atoms with Crippen molar-refractivity contribution in [2.75, 3.05) is 19.5 Å². The van der Waals surface area contributed by atoms with Crippen LogP contribution in [0.4, 0.5) is 0 Å². The molecule has 7 N–H and O–H groups in total. The molecule has 2 heterocycles. The van der Waals surface area contributed by atoms with Crippen LogP contribution in [-0.4, -0.2) is 104 Å². The number of rotatable bonds is 15. The molecule has 1 aromatic heterocycles. The summed E-state index contributed by atoms with van der Waals surface area (Å²) in [5.41, 5.74) is 7.82. The minimum atomic E-state index is -1.20. The van der Waals surface area contributed by atoms with E-state index in [0.29, 0.717) is 18.4 Å². The highest BCUT2D eigenvalue weighted by Gasteiger charge is 2.39. The van der Waals surface area contributed by atoms with E-state index in [2.05, 4.69) is 15.6 Å². The number of nitrogens with one attached hydrogen (secondary N) is 3. The number of nitrogens with zero attached hydrogens (tertiary/aromatic N) is 2. The van der Waals surface area contributed by atoms with Gasteiger partial charge in [0.05, 0.1) is 0 Å². The Labute approximate surface area is 287 Å². The first-order valence-corrected chi connectivity index (χ1v) is 16.5. The second kappa shape index (κ2) is 16.8. The van der Waals surface area contributed by atoms with Gasteiger partial charge in [0.1, 0.15) is 35.8 Å². The summed E-state index contributed by atoms with van der Waals surface area (Å²) in [4.78, 5) is 83.6. The van der Waals surface area contributed by atoms with Crippen LogP contribution < -0.4 is 16.4 Å². The number of nitrogens with two attached hydrogens (primary N) is 1. The fourth-order valence-corrected chi connectivity index (χ4v) is 6.22. The average Bonchev–Trinajstić information content (AvgIpc) is 3.50. The molecule has 1 aliphatic heterocycles. The van der Waals surface area contributed by atoms with Crippen LogP contribution in [0.15, 0.2) is 54.7 Å². The molecule has 0 saturated carbocycles. The molecule has 4 rings (SSSR count). The normalized spacial score (nSPS) is 16.3. The zero-order valence-electron chi connectivity index (χ0n) is 27.1. The van der Waals surface area contributed by atoms with Crippen molar-refractivity contribution in [3.8, 4) is 5.75 Å². The number of alkyl halides is 1. The summed E-state index contributed by atoms with van der Waals surface area (Å²) in [6.45, 7) is 0.180. The van der Waals surface area contributed by atoms with Crippen molar-refractivity contribution in [1.82, 2.24) is 25.4 Å². The van der Waals surface area contributed by atoms with Gasteiger partial charge in [-0.15, -0.1) is 11.6 Å². The fourth-order valence-electron chi connectivity index (χ4n) is 6.03. The van der Waals surface area contributed by atoms with Crippen molar-refractivity contribution >= 4 is 58.0 Å². The number of carbonyl (C=O) groups is 6. The molecule has 3 aromatic rings. The average molecular weight is 697 g/mol. The number of phenols is 1. The second-order valence-electron chi connectivity index (χ2n) is 12.1. The summed E-state index contributed by atoms with van der Waals surface area (Å²) < 4.78 is 0. The van der Waals surface area contributed by atoms with Gasteiger partial charge in [-0.3, -0.25) is 28.8 Å². The summed E-state index contributed by atoms with van der Waals surface area (Å²) >= 11 is 5.74. The van der Waals surface area contributed by atoms with Gasteiger partial charge in [-0.2, -0.15) is 0 Å². The molecule has 3 unspecified atom stereocenters. The third-order valence-electron chi connectivity index (χ3n) is 8.75. The van der Waals surface area contributed by atoms with E-state index in [-0.39, 0.29) is 44.4 Å². The van der Waals surface area contributed by atoms with Crippen LogP contribution >= 0.6 is 11.6 Å². The lowest BCUT2D eigenvalue weighted by atomic mass is 9.97. The highest BCUT2D eigenvalue weighted by atomic mass is 35.5. The molecule has 14 nitrogen and oxygen atoms in total. The number of aliphatic carboxylic acids is 1. The second-order valence-corrected chi connectivity index (χ2v) is 12.4. The topological polar surface area (TPSA) is 215 Å². The Morgan fingerprint density at radius 1 is 1.02 bits per heavy atom. The number of piperidine rings is 1. The Hall–Kier alpha value is -5.11. The standard InChI is InChI=1S/C34H41ClN6O8/c1-40(29(43)18-35)28(13-14-30(44)45)34(49)41-15-5-4-8-27(41)33(48)39-26(17-21-19-37-24-7-3-2-6-23(21)24)32(47)38-25(31(36)46)16-20-9-11-22(42)12-10-20/h2-3,6-7,9-12,19,25-28,37,42H,4-5,8,13-18H2,1H3,(H2,36,46)(H,38,47)(H,39,48)(H,44,45)/t25?,26?,27-,28?/m0/s1. The maximum Gasteiger partial charge on any atom is 0.303 e. The molecule has 0 spiro atoms. The quantitative estimate of drug-likeness (QED) is 0.128. The third-order valence-corrected chi connectivity index (χ3v) is 8.98. The molecule has 15 heteroatoms. The molecule has 0 aliphatic carbocycles. The highest BCUT2D eigenvalue weighted by molar-refractivity contribution is 6.27. The van der Waals surface area contributed by atoms with Gasteiger partial charge in [0, 0.05) is 50.0 Å². The Morgan fingerprint density at radius 2 is 1.73 bits per heavy atom. The molecule has 0 radical (unpaired) electrons. The number of aromatic hydroxyl groups is 1. The number of phenolic OH excluding ortho intramolecular Hbond substituents is 1. The molecule has 5 amide bonds. The predicted octanol–water partition coefficient (Wildman–Crippen LogP) is 1.43. The SMILES string of the molecule is CN(C(=O)CCl)C(CCC(=O)O)C(=O)N1CCCC[C@H]1C(=O)NC(Cc1c[nH]c2ccccc12)C(=O)NC(Cc1ccc(O)cc1)C(N)=O. The zero-order chi connectivity index (χ0) is 35.7. The molecule has 2 aromatic carbocycles. The van der Waals surface area contributed by atoms with Gasteiger partial charge >= 0.3 is 5.97 Å². The van der Waals surface area contributed by atoms with Gasteiger partial charge in [0.25, 0.3) is 0 Å². The Morgan fingerprint density at radius 3 is 2.41 bits per heavy atom. The minimum absolute atomic E-state index is 0.0289. The summed E-state index contributed by atoms with van der Waals surface area (Å²) in [5.74, 6) is -4.80. The Bertz CT molecular complexity index is 1680. The smallest absolute Gasteiger partial charge is 0.303 e. The predicted molar refractivity (Wildman–Crippen MR) is 180 cm³/mol. The molecular weight excluding hydrogens is 656 g/mol. The van der Waals surface area contributed by atoms with Crippen molar-refractivity contribution in [2.24, 2.45) is 5.73 Å². The number of halogens is 1. The van der Waals surface area contributed by atoms with Crippen LogP contribution in [0.25, 0.3) is 10.9 Å². The van der Waals surface area contributed by atoms with Crippen LogP contribution in [0.5, 0.6) is 5.75 Å². The van der Waals surface area contributed by atoms with E-state index in [1.165, 1.54) is 24.1 Å². The molecule has 0 bridgehead atoms. The zero-order valence-corrected chi connectivity index (χ0v) is 27.8. The maximum absolute atomic E-state index is 14.0. The molecule has 1 saturated heterocycles. The van der Waals surface area contributed by atoms with Gasteiger partial charge < -0.3 is 41.4 Å². The van der Waals surface area contributed by atoms with Crippen LogP contribution in [0.2, 0.25) is 0 Å². The number of carboxylic acid groups (broad SMARTS) is 1. The van der Waals surface area contributed by atoms with E-state index >= 15 is 0 Å². The molecule has 49 heavy (non-hydrogen) atoms. The van der Waals surface area contributed by atoms with Gasteiger partial charge in [0.15, 0.2) is 0 Å². The number of amides is 5. The summed E-state index contributed by atoms with van der Waals surface area (Å²) in [5, 5.41) is 25.2. The number of benzene rings is 2. The maximum atomic E-state index is 14.0. The van der Waals surface area contributed by atoms with E-state index in [0.717, 1.165) is 21.4 Å². The van der Waals surface area contributed by atoms with Crippen molar-refractivity contribution < 1.29 is 39.0 Å². The number of carbonyl (C=O) groups excluding carboxylic acids is 5. The summed E-state index contributed by atoms with van der Waals surface area (Å²) in [6, 6.07) is 8.99. The van der Waals surface area contributed by atoms with E-state index in [4.69, 9.17) is 17.3 Å². The van der Waals surface area contributed by atoms with Crippen molar-refractivity contribution in [3.05, 3.63) is 65.9 Å². The number of primary amides is 1. The highest BCUT2D eigenvalue weighted by Crippen LogP contribution is 2.23. The molecule has 262 valence electrons. The number of aromatic nitrogens is 1. The van der Waals surface area contributed by atoms with E-state index in [1.54, 1.807) is 18.3 Å². The number of aromatic amines is 1. The summed E-state index contributed by atoms with van der Waals surface area (Å²) in [7, 11) is 1.36. The van der Waals surface area contributed by atoms with Crippen molar-refractivity contribution in [3.63, 3.8) is 0 Å². The first kappa shape index (κ1) is 36.7. The first-order valence-electron chi connectivity index (χ1n) is 16.0. The molecular formula is C34H41ClN6O8. The minimum Gasteiger partial charge on any atom is -0.508 e. The number of likely N-dealkylation sites (N-methyl/N-ethyl adjacent to an activating group) is 1. The van der Waals surface area contributed by atoms with Crippen molar-refractivity contribution in [2.45, 2.75) is 69.1 Å². The number of likely N-dealkylation sites (tertiary alicyclic amines) is 1. The van der Waals surface area contributed by atoms with Crippen molar-refractivity contribution in [1.29, 1.82) is 0 Å². The molecule has 1 aliphatic rings. The number of para-hydroxylation sites is 1. The van der Waals surface area contributed by atoms with Crippen LogP contribution in [0.1, 0.15) is 43.2 Å². The first-order chi connectivity index (χ1) is 23.4. The lowest BCUT2D eigenvalue weighted by molar-refractivity contribution is -0.151. The van der Waals surface area contributed by atoms with E-state index < -0.39 is 65.6 Å². The van der Waals surface area contributed by atoms with Crippen LogP contribution in [0.3, 0.4) is 0 Å². The van der Waals surface area contributed by atoms with Crippen LogP contribution in [-0.2, 0) is 41.6 Å². The molecule has 4 atom stereocenters. The van der Waals surface area contributed by atoms with E-state index in [9.17, 15) is 39.0 Å². The largest absolute Gasteiger partial charge is 0.508 e. The fraction of sp³-hybridized carbons (Fsp3) is 0.412. The number of fused-ring (bicyclic) bond motifs is 1. The Kier molecular flexibility index (Phi) is 12.6. The number of carboxylic acids is 1. The van der Waals surface area contributed by atoms with Gasteiger partial charge in [-0.05, 0) is 55.0 Å². The number of H-pyrrole nitrogens is 1.